The van der Waals surface area contributed by atoms with E-state index < -0.39 is 16.9 Å². The third-order valence-corrected chi connectivity index (χ3v) is 2.18. The molecule has 5 heteroatoms. The van der Waals surface area contributed by atoms with Crippen LogP contribution in [-0.4, -0.2) is 23.5 Å². The van der Waals surface area contributed by atoms with Crippen molar-refractivity contribution in [2.45, 2.75) is 12.1 Å². The first-order valence-corrected chi connectivity index (χ1v) is 5.02. The molecule has 0 heterocycles. The summed E-state index contributed by atoms with van der Waals surface area (Å²) in [5.41, 5.74) is 0.0213. The summed E-state index contributed by atoms with van der Waals surface area (Å²) in [5, 5.41) is -3.16. The quantitative estimate of drug-likeness (QED) is 0.353. The fourth-order valence-electron chi connectivity index (χ4n) is 1.09. The zero-order chi connectivity index (χ0) is 12.2. The first-order valence-electron chi connectivity index (χ1n) is 4.65. The van der Waals surface area contributed by atoms with Crippen LogP contribution in [0.15, 0.2) is 30.3 Å². The summed E-state index contributed by atoms with van der Waals surface area (Å²) in [6, 6.07) is 7.50. The number of esters is 1. The van der Waals surface area contributed by atoms with Crippen molar-refractivity contribution in [3.05, 3.63) is 35.9 Å². The van der Waals surface area contributed by atoms with E-state index in [9.17, 15) is 14.0 Å². The number of carbonyl (C=O) groups is 2. The second kappa shape index (κ2) is 5.07. The molecule has 1 rings (SSSR count). The fraction of sp³-hybridized carbons (Fsp3) is 0.273. The Morgan fingerprint density at radius 3 is 2.44 bits per heavy atom. The van der Waals surface area contributed by atoms with Gasteiger partial charge in [0.1, 0.15) is 0 Å². The molecular formula is C11H10ClFO3. The lowest BCUT2D eigenvalue weighted by atomic mass is 10.1. The van der Waals surface area contributed by atoms with Crippen LogP contribution in [0.5, 0.6) is 0 Å². The van der Waals surface area contributed by atoms with Crippen molar-refractivity contribution >= 4 is 23.4 Å². The van der Waals surface area contributed by atoms with Crippen LogP contribution < -0.4 is 0 Å². The summed E-state index contributed by atoms with van der Waals surface area (Å²) >= 11 is 5.26. The predicted octanol–water partition coefficient (Wildman–Crippen LogP) is 2.34. The van der Waals surface area contributed by atoms with E-state index in [0.717, 1.165) is 0 Å². The molecule has 0 aliphatic heterocycles. The molecule has 0 aromatic heterocycles. The number of carbonyl (C=O) groups excluding carboxylic acids is 2. The number of hydrogen-bond acceptors (Lipinski definition) is 3. The number of benzene rings is 1. The molecule has 0 aliphatic rings. The third-order valence-electron chi connectivity index (χ3n) is 1.85. The molecule has 0 aliphatic carbocycles. The molecule has 86 valence electrons. The first-order chi connectivity index (χ1) is 7.50. The van der Waals surface area contributed by atoms with E-state index in [1.54, 1.807) is 18.2 Å². The second-order valence-electron chi connectivity index (χ2n) is 2.99. The van der Waals surface area contributed by atoms with Crippen molar-refractivity contribution in [1.82, 2.24) is 0 Å². The standard InChI is InChI=1S/C11H10ClFO3/c1-2-16-10(15)11(12,13)9(14)8-6-4-3-5-7-8/h3-7H,2H2,1H3/t11-/m0/s1. The molecule has 0 saturated carbocycles. The summed E-state index contributed by atoms with van der Waals surface area (Å²) in [6.07, 6.45) is 0. The Hall–Kier alpha value is -1.42. The molecule has 0 spiro atoms. The number of ketones is 1. The van der Waals surface area contributed by atoms with Gasteiger partial charge in [-0.1, -0.05) is 41.9 Å². The average Bonchev–Trinajstić information content (AvgIpc) is 2.29. The summed E-state index contributed by atoms with van der Waals surface area (Å²) in [5.74, 6) is -2.50. The minimum absolute atomic E-state index is 0.0213. The number of rotatable bonds is 4. The van der Waals surface area contributed by atoms with Gasteiger partial charge in [-0.25, -0.2) is 9.18 Å². The Kier molecular flexibility index (Phi) is 4.01. The molecule has 1 atom stereocenters. The number of hydrogen-bond donors (Lipinski definition) is 0. The van der Waals surface area contributed by atoms with Crippen LogP contribution >= 0.6 is 11.6 Å². The van der Waals surface area contributed by atoms with Crippen molar-refractivity contribution in [3.8, 4) is 0 Å². The van der Waals surface area contributed by atoms with E-state index in [1.165, 1.54) is 19.1 Å². The lowest BCUT2D eigenvalue weighted by Crippen LogP contribution is -2.38. The largest absolute Gasteiger partial charge is 0.462 e. The first kappa shape index (κ1) is 12.6. The van der Waals surface area contributed by atoms with Crippen molar-refractivity contribution in [2.24, 2.45) is 0 Å². The molecule has 1 aromatic rings. The highest BCUT2D eigenvalue weighted by Gasteiger charge is 2.46. The van der Waals surface area contributed by atoms with Gasteiger partial charge in [-0.2, -0.15) is 0 Å². The molecule has 0 saturated heterocycles. The monoisotopic (exact) mass is 244 g/mol. The van der Waals surface area contributed by atoms with Crippen LogP contribution in [0.1, 0.15) is 17.3 Å². The molecule has 0 N–H and O–H groups in total. The van der Waals surface area contributed by atoms with Gasteiger partial charge >= 0.3 is 11.1 Å². The highest BCUT2D eigenvalue weighted by atomic mass is 35.5. The SMILES string of the molecule is CCOC(=O)[C@](F)(Cl)C(=O)c1ccccc1. The maximum absolute atomic E-state index is 13.7. The topological polar surface area (TPSA) is 43.4 Å². The molecule has 16 heavy (non-hydrogen) atoms. The second-order valence-corrected chi connectivity index (χ2v) is 3.51. The van der Waals surface area contributed by atoms with Gasteiger partial charge in [-0.05, 0) is 6.92 Å². The Bertz CT molecular complexity index is 389. The zero-order valence-electron chi connectivity index (χ0n) is 8.57. The molecule has 0 bridgehead atoms. The third kappa shape index (κ3) is 2.58. The van der Waals surface area contributed by atoms with Gasteiger partial charge in [0.25, 0.3) is 0 Å². The van der Waals surface area contributed by atoms with E-state index in [4.69, 9.17) is 11.6 Å². The van der Waals surface area contributed by atoms with E-state index in [2.05, 4.69) is 4.74 Å². The average molecular weight is 245 g/mol. The smallest absolute Gasteiger partial charge is 0.368 e. The van der Waals surface area contributed by atoms with Gasteiger partial charge in [0, 0.05) is 5.56 Å². The lowest BCUT2D eigenvalue weighted by molar-refractivity contribution is -0.149. The maximum atomic E-state index is 13.7. The van der Waals surface area contributed by atoms with Gasteiger partial charge in [0.15, 0.2) is 0 Å². The number of ether oxygens (including phenoxy) is 1. The molecular weight excluding hydrogens is 235 g/mol. The normalized spacial score (nSPS) is 13.9. The van der Waals surface area contributed by atoms with Crippen molar-refractivity contribution < 1.29 is 18.7 Å². The molecule has 0 fully saturated rings. The summed E-state index contributed by atoms with van der Waals surface area (Å²) in [7, 11) is 0. The Labute approximate surface area is 97.2 Å². The van der Waals surface area contributed by atoms with Crippen LogP contribution in [-0.2, 0) is 9.53 Å². The van der Waals surface area contributed by atoms with Gasteiger partial charge in [-0.3, -0.25) is 4.79 Å². The Balaban J connectivity index is 2.92. The molecule has 0 amide bonds. The van der Waals surface area contributed by atoms with E-state index in [-0.39, 0.29) is 12.2 Å². The van der Waals surface area contributed by atoms with Gasteiger partial charge < -0.3 is 4.74 Å². The Morgan fingerprint density at radius 2 is 1.94 bits per heavy atom. The van der Waals surface area contributed by atoms with Crippen LogP contribution in [0.3, 0.4) is 0 Å². The van der Waals surface area contributed by atoms with E-state index in [0.29, 0.717) is 0 Å². The molecule has 3 nitrogen and oxygen atoms in total. The van der Waals surface area contributed by atoms with Gasteiger partial charge in [-0.15, -0.1) is 0 Å². The minimum Gasteiger partial charge on any atom is -0.462 e. The van der Waals surface area contributed by atoms with Gasteiger partial charge in [0.05, 0.1) is 6.61 Å². The lowest BCUT2D eigenvalue weighted by Gasteiger charge is -2.14. The number of halogens is 2. The zero-order valence-corrected chi connectivity index (χ0v) is 9.33. The number of alkyl halides is 2. The minimum atomic E-state index is -3.16. The summed E-state index contributed by atoms with van der Waals surface area (Å²) in [6.45, 7) is 1.46. The Morgan fingerprint density at radius 1 is 1.38 bits per heavy atom. The van der Waals surface area contributed by atoms with E-state index >= 15 is 0 Å². The van der Waals surface area contributed by atoms with Crippen LogP contribution in [0.4, 0.5) is 4.39 Å². The van der Waals surface area contributed by atoms with Crippen molar-refractivity contribution in [1.29, 1.82) is 0 Å². The van der Waals surface area contributed by atoms with Crippen LogP contribution in [0.2, 0.25) is 0 Å². The van der Waals surface area contributed by atoms with Crippen molar-refractivity contribution in [2.75, 3.05) is 6.61 Å². The van der Waals surface area contributed by atoms with Crippen LogP contribution in [0.25, 0.3) is 0 Å². The maximum Gasteiger partial charge on any atom is 0.368 e. The summed E-state index contributed by atoms with van der Waals surface area (Å²) in [4.78, 5) is 22.7. The van der Waals surface area contributed by atoms with Crippen LogP contribution in [0, 0.1) is 0 Å². The molecule has 1 aromatic carbocycles. The van der Waals surface area contributed by atoms with Gasteiger partial charge in [0.2, 0.25) is 5.78 Å². The molecule has 0 unspecified atom stereocenters. The van der Waals surface area contributed by atoms with E-state index in [1.807, 2.05) is 0 Å². The highest BCUT2D eigenvalue weighted by Crippen LogP contribution is 2.24. The summed E-state index contributed by atoms with van der Waals surface area (Å²) < 4.78 is 18.1. The molecule has 0 radical (unpaired) electrons. The highest BCUT2D eigenvalue weighted by molar-refractivity contribution is 6.46. The number of Topliss-reactive ketones (excluding diaryl/α,β-unsaturated/α-hetero) is 1. The predicted molar refractivity (Wildman–Crippen MR) is 57.1 cm³/mol. The van der Waals surface area contributed by atoms with Crippen molar-refractivity contribution in [3.63, 3.8) is 0 Å². The fourth-order valence-corrected chi connectivity index (χ4v) is 1.25.